The molecule has 0 aliphatic carbocycles. The zero-order chi connectivity index (χ0) is 29.3. The number of carboxylic acids is 1. The van der Waals surface area contributed by atoms with Crippen molar-refractivity contribution >= 4 is 17.7 Å². The van der Waals surface area contributed by atoms with E-state index in [9.17, 15) is 27.9 Å². The number of ether oxygens (including phenoxy) is 1. The lowest BCUT2D eigenvalue weighted by Gasteiger charge is -2.25. The highest BCUT2D eigenvalue weighted by atomic mass is 19.4. The van der Waals surface area contributed by atoms with E-state index in [1.165, 1.54) is 12.5 Å². The number of unbranched alkanes of at least 4 members (excludes halogenated alkanes) is 1. The molecule has 1 amide bonds. The maximum absolute atomic E-state index is 13.2. The number of aryl methyl sites for hydroxylation is 3. The van der Waals surface area contributed by atoms with Gasteiger partial charge in [-0.2, -0.15) is 13.2 Å². The molecule has 0 fully saturated rings. The number of halogens is 3. The number of alkyl halides is 3. The Morgan fingerprint density at radius 2 is 1.98 bits per heavy atom. The third-order valence-electron chi connectivity index (χ3n) is 6.51. The molecule has 0 bridgehead atoms. The van der Waals surface area contributed by atoms with Crippen LogP contribution in [0.4, 0.5) is 19.0 Å². The van der Waals surface area contributed by atoms with Gasteiger partial charge in [0.15, 0.2) is 11.6 Å². The van der Waals surface area contributed by atoms with Gasteiger partial charge in [0.2, 0.25) is 5.76 Å². The van der Waals surface area contributed by atoms with Crippen molar-refractivity contribution in [3.8, 4) is 0 Å². The molecule has 0 aromatic carbocycles. The van der Waals surface area contributed by atoms with Crippen LogP contribution in [0.3, 0.4) is 0 Å². The van der Waals surface area contributed by atoms with Crippen LogP contribution in [-0.4, -0.2) is 76.8 Å². The van der Waals surface area contributed by atoms with Gasteiger partial charge in [-0.3, -0.25) is 4.79 Å². The summed E-state index contributed by atoms with van der Waals surface area (Å²) in [6.45, 7) is 7.87. The fourth-order valence-corrected chi connectivity index (χ4v) is 4.47. The van der Waals surface area contributed by atoms with E-state index in [2.05, 4.69) is 32.2 Å². The van der Waals surface area contributed by atoms with Crippen LogP contribution in [0.5, 0.6) is 0 Å². The Morgan fingerprint density at radius 3 is 2.67 bits per heavy atom. The molecular formula is C27H38F3N5O5. The number of carbonyl (C=O) groups excluding carboxylic acids is 1. The summed E-state index contributed by atoms with van der Waals surface area (Å²) < 4.78 is 49.9. The van der Waals surface area contributed by atoms with Crippen molar-refractivity contribution in [1.82, 2.24) is 20.2 Å². The van der Waals surface area contributed by atoms with Crippen LogP contribution in [0.25, 0.3) is 0 Å². The van der Waals surface area contributed by atoms with Crippen LogP contribution in [-0.2, 0) is 28.5 Å². The largest absolute Gasteiger partial charge is 0.480 e. The number of pyridine rings is 1. The highest BCUT2D eigenvalue weighted by molar-refractivity contribution is 5.95. The Balaban J connectivity index is 1.55. The van der Waals surface area contributed by atoms with Gasteiger partial charge in [-0.05, 0) is 70.5 Å². The molecule has 0 spiro atoms. The number of oxazole rings is 1. The zero-order valence-corrected chi connectivity index (χ0v) is 23.1. The molecule has 0 radical (unpaired) electrons. The summed E-state index contributed by atoms with van der Waals surface area (Å²) in [4.78, 5) is 34.6. The van der Waals surface area contributed by atoms with E-state index in [1.807, 2.05) is 18.7 Å². The van der Waals surface area contributed by atoms with Crippen LogP contribution >= 0.6 is 0 Å². The first kappa shape index (κ1) is 31.3. The fraction of sp³-hybridized carbons (Fsp3) is 0.630. The molecule has 40 heavy (non-hydrogen) atoms. The lowest BCUT2D eigenvalue weighted by molar-refractivity contribution is -0.153. The van der Waals surface area contributed by atoms with Crippen LogP contribution in [0.1, 0.15) is 72.9 Å². The minimum absolute atomic E-state index is 0.0149. The van der Waals surface area contributed by atoms with E-state index in [0.29, 0.717) is 26.2 Å². The number of hydrogen-bond acceptors (Lipinski definition) is 8. The first-order chi connectivity index (χ1) is 18.9. The van der Waals surface area contributed by atoms with Crippen molar-refractivity contribution in [2.75, 3.05) is 38.1 Å². The molecule has 1 atom stereocenters. The molecule has 222 valence electrons. The van der Waals surface area contributed by atoms with E-state index in [4.69, 9.17) is 9.72 Å². The predicted octanol–water partition coefficient (Wildman–Crippen LogP) is 4.08. The Hall–Kier alpha value is -3.19. The number of aromatic nitrogens is 2. The van der Waals surface area contributed by atoms with Crippen molar-refractivity contribution in [3.05, 3.63) is 40.7 Å². The van der Waals surface area contributed by atoms with Gasteiger partial charge < -0.3 is 29.8 Å². The molecule has 0 unspecified atom stereocenters. The summed E-state index contributed by atoms with van der Waals surface area (Å²) in [5.74, 6) is -3.54. The quantitative estimate of drug-likeness (QED) is 0.272. The van der Waals surface area contributed by atoms with Gasteiger partial charge in [0.05, 0.1) is 12.7 Å². The van der Waals surface area contributed by atoms with Gasteiger partial charge in [-0.15, -0.1) is 0 Å². The van der Waals surface area contributed by atoms with Crippen LogP contribution in [0, 0.1) is 6.92 Å². The van der Waals surface area contributed by atoms with Crippen molar-refractivity contribution < 1.29 is 37.0 Å². The molecule has 10 nitrogen and oxygen atoms in total. The highest BCUT2D eigenvalue weighted by Crippen LogP contribution is 2.32. The molecule has 1 aliphatic heterocycles. The normalized spacial score (nSPS) is 14.2. The Bertz CT molecular complexity index is 1140. The topological polar surface area (TPSA) is 130 Å². The van der Waals surface area contributed by atoms with Gasteiger partial charge in [0.25, 0.3) is 5.91 Å². The second-order valence-electron chi connectivity index (χ2n) is 10.1. The number of aliphatic carboxylic acids is 1. The molecule has 2 aromatic heterocycles. The minimum atomic E-state index is -4.94. The molecular weight excluding hydrogens is 531 g/mol. The smallest absolute Gasteiger partial charge is 0.452 e. The summed E-state index contributed by atoms with van der Waals surface area (Å²) in [7, 11) is 0. The first-order valence-corrected chi connectivity index (χ1v) is 13.6. The van der Waals surface area contributed by atoms with Crippen LogP contribution < -0.4 is 10.6 Å². The average Bonchev–Trinajstić information content (AvgIpc) is 3.30. The molecule has 13 heteroatoms. The summed E-state index contributed by atoms with van der Waals surface area (Å²) in [6.07, 6.45) is -0.288. The molecule has 1 aliphatic rings. The molecule has 3 N–H and O–H groups in total. The molecule has 2 aromatic rings. The number of fused-ring (bicyclic) bond motifs is 1. The monoisotopic (exact) mass is 569 g/mol. The number of rotatable bonds is 15. The zero-order valence-electron chi connectivity index (χ0n) is 23.1. The molecule has 0 saturated heterocycles. The maximum Gasteiger partial charge on any atom is 0.452 e. The van der Waals surface area contributed by atoms with Crippen molar-refractivity contribution in [2.24, 2.45) is 0 Å². The molecule has 3 rings (SSSR count). The van der Waals surface area contributed by atoms with Gasteiger partial charge >= 0.3 is 12.1 Å². The molecule has 3 heterocycles. The van der Waals surface area contributed by atoms with Gasteiger partial charge in [0, 0.05) is 32.3 Å². The summed E-state index contributed by atoms with van der Waals surface area (Å²) in [5, 5.41) is 15.2. The van der Waals surface area contributed by atoms with E-state index in [0.717, 1.165) is 50.2 Å². The number of nitrogens with zero attached hydrogens (tertiary/aromatic N) is 3. The number of nitrogens with one attached hydrogen (secondary N) is 2. The number of anilines is 1. The highest BCUT2D eigenvalue weighted by Gasteiger charge is 2.42. The van der Waals surface area contributed by atoms with Gasteiger partial charge in [-0.25, -0.2) is 14.8 Å². The minimum Gasteiger partial charge on any atom is -0.480 e. The van der Waals surface area contributed by atoms with Gasteiger partial charge in [0.1, 0.15) is 11.9 Å². The van der Waals surface area contributed by atoms with E-state index in [-0.39, 0.29) is 18.4 Å². The van der Waals surface area contributed by atoms with Crippen molar-refractivity contribution in [3.63, 3.8) is 0 Å². The second-order valence-corrected chi connectivity index (χ2v) is 10.1. The lowest BCUT2D eigenvalue weighted by atomic mass is 10.1. The Labute approximate surface area is 231 Å². The van der Waals surface area contributed by atoms with Gasteiger partial charge in [-0.1, -0.05) is 6.07 Å². The third-order valence-corrected chi connectivity index (χ3v) is 6.51. The average molecular weight is 570 g/mol. The van der Waals surface area contributed by atoms with E-state index in [1.54, 1.807) is 0 Å². The lowest BCUT2D eigenvalue weighted by Crippen LogP contribution is -2.44. The number of hydrogen-bond donors (Lipinski definition) is 3. The SMILES string of the molecule is Cc1nc(C(=O)N[C@@H](CCN(CCCCc2ccc3c(n2)NCCC3)CCOC(C)C)C(=O)O)c(C(F)(F)F)o1. The Kier molecular flexibility index (Phi) is 11.3. The summed E-state index contributed by atoms with van der Waals surface area (Å²) in [6, 6.07) is 2.77. The summed E-state index contributed by atoms with van der Waals surface area (Å²) in [5.41, 5.74) is 1.27. The predicted molar refractivity (Wildman–Crippen MR) is 141 cm³/mol. The maximum atomic E-state index is 13.2. The first-order valence-electron chi connectivity index (χ1n) is 13.6. The van der Waals surface area contributed by atoms with Crippen LogP contribution in [0.2, 0.25) is 0 Å². The van der Waals surface area contributed by atoms with Crippen LogP contribution in [0.15, 0.2) is 16.5 Å². The number of carboxylic acid groups (broad SMARTS) is 1. The number of carbonyl (C=O) groups is 2. The standard InChI is InChI=1S/C27H38F3N5O5/c1-17(2)39-16-15-35(13-5-4-8-20-10-9-19-7-6-12-31-24(19)33-20)14-11-21(26(37)38)34-25(36)22-23(27(28,29)30)40-18(3)32-22/h9-10,17,21H,4-8,11-16H2,1-3H3,(H,31,33)(H,34,36)(H,37,38)/t21-/m0/s1. The fourth-order valence-electron chi connectivity index (χ4n) is 4.47. The summed E-state index contributed by atoms with van der Waals surface area (Å²) >= 11 is 0. The number of amides is 1. The van der Waals surface area contributed by atoms with Crippen molar-refractivity contribution in [2.45, 2.75) is 77.6 Å². The van der Waals surface area contributed by atoms with E-state index < -0.39 is 35.5 Å². The second kappa shape index (κ2) is 14.4. The molecule has 0 saturated carbocycles. The third kappa shape index (κ3) is 9.47. The Morgan fingerprint density at radius 1 is 1.20 bits per heavy atom. The van der Waals surface area contributed by atoms with E-state index >= 15 is 0 Å². The van der Waals surface area contributed by atoms with Crippen molar-refractivity contribution in [1.29, 1.82) is 0 Å².